The van der Waals surface area contributed by atoms with Gasteiger partial charge < -0.3 is 19.5 Å². The van der Waals surface area contributed by atoms with E-state index in [0.717, 1.165) is 5.56 Å². The van der Waals surface area contributed by atoms with Crippen LogP contribution in [0.5, 0.6) is 17.2 Å². The van der Waals surface area contributed by atoms with Crippen LogP contribution in [0.3, 0.4) is 0 Å². The quantitative estimate of drug-likeness (QED) is 0.913. The second kappa shape index (κ2) is 7.01. The zero-order valence-corrected chi connectivity index (χ0v) is 14.2. The molecule has 1 N–H and O–H groups in total. The molecule has 2 aromatic rings. The molecule has 0 radical (unpaired) electrons. The second-order valence-corrected chi connectivity index (χ2v) is 5.93. The third-order valence-corrected chi connectivity index (χ3v) is 4.05. The monoisotopic (exact) mass is 347 g/mol. The molecule has 5 nitrogen and oxygen atoms in total. The summed E-state index contributed by atoms with van der Waals surface area (Å²) in [7, 11) is 0. The molecule has 0 saturated carbocycles. The van der Waals surface area contributed by atoms with E-state index in [1.807, 2.05) is 6.92 Å². The van der Waals surface area contributed by atoms with E-state index in [1.54, 1.807) is 43.3 Å². The molecule has 0 aliphatic carbocycles. The number of amides is 1. The van der Waals surface area contributed by atoms with Crippen molar-refractivity contribution in [3.05, 3.63) is 47.0 Å². The van der Waals surface area contributed by atoms with Gasteiger partial charge in [-0.2, -0.15) is 0 Å². The van der Waals surface area contributed by atoms with Crippen molar-refractivity contribution in [3.63, 3.8) is 0 Å². The number of halogens is 1. The van der Waals surface area contributed by atoms with Crippen LogP contribution in [-0.2, 0) is 4.79 Å². The predicted molar refractivity (Wildman–Crippen MR) is 92.3 cm³/mol. The molecule has 0 bridgehead atoms. The fourth-order valence-corrected chi connectivity index (χ4v) is 2.43. The minimum Gasteiger partial charge on any atom is -0.486 e. The summed E-state index contributed by atoms with van der Waals surface area (Å²) in [6.07, 6.45) is -0.654. The molecule has 0 spiro atoms. The first kappa shape index (κ1) is 16.5. The minimum absolute atomic E-state index is 0.251. The van der Waals surface area contributed by atoms with Crippen LogP contribution in [0.4, 0.5) is 5.69 Å². The number of aryl methyl sites for hydroxylation is 1. The zero-order valence-electron chi connectivity index (χ0n) is 13.5. The Hall–Kier alpha value is -2.40. The average molecular weight is 348 g/mol. The molecule has 1 atom stereocenters. The van der Waals surface area contributed by atoms with Gasteiger partial charge in [0.25, 0.3) is 5.91 Å². The van der Waals surface area contributed by atoms with Crippen LogP contribution in [0.1, 0.15) is 12.5 Å². The molecule has 3 rings (SSSR count). The SMILES string of the molecule is Cc1cc(O[C@@H](C)C(=O)Nc2ccc3c(c2)OCCO3)ccc1Cl. The van der Waals surface area contributed by atoms with Gasteiger partial charge in [0.2, 0.25) is 0 Å². The summed E-state index contributed by atoms with van der Waals surface area (Å²) in [6.45, 7) is 4.61. The molecule has 0 saturated heterocycles. The van der Waals surface area contributed by atoms with Crippen LogP contribution < -0.4 is 19.5 Å². The summed E-state index contributed by atoms with van der Waals surface area (Å²) in [6, 6.07) is 10.6. The number of hydrogen-bond acceptors (Lipinski definition) is 4. The van der Waals surface area contributed by atoms with Crippen molar-refractivity contribution in [2.45, 2.75) is 20.0 Å². The van der Waals surface area contributed by atoms with Gasteiger partial charge in [-0.3, -0.25) is 4.79 Å². The molecule has 0 unspecified atom stereocenters. The van der Waals surface area contributed by atoms with Gasteiger partial charge in [0.15, 0.2) is 17.6 Å². The highest BCUT2D eigenvalue weighted by Gasteiger charge is 2.17. The number of ether oxygens (including phenoxy) is 3. The summed E-state index contributed by atoms with van der Waals surface area (Å²) in [5.74, 6) is 1.65. The van der Waals surface area contributed by atoms with Gasteiger partial charge in [0.05, 0.1) is 0 Å². The molecule has 2 aromatic carbocycles. The summed E-state index contributed by atoms with van der Waals surface area (Å²) >= 11 is 5.99. The topological polar surface area (TPSA) is 56.8 Å². The third kappa shape index (κ3) is 3.74. The van der Waals surface area contributed by atoms with Crippen LogP contribution in [0.25, 0.3) is 0 Å². The van der Waals surface area contributed by atoms with Crippen molar-refractivity contribution in [2.75, 3.05) is 18.5 Å². The van der Waals surface area contributed by atoms with E-state index in [1.165, 1.54) is 0 Å². The standard InChI is InChI=1S/C18H18ClNO4/c1-11-9-14(4-5-15(11)19)24-12(2)18(21)20-13-3-6-16-17(10-13)23-8-7-22-16/h3-6,9-10,12H,7-8H2,1-2H3,(H,20,21)/t12-/m0/s1. The fraction of sp³-hybridized carbons (Fsp3) is 0.278. The van der Waals surface area contributed by atoms with Crippen LogP contribution >= 0.6 is 11.6 Å². The second-order valence-electron chi connectivity index (χ2n) is 5.52. The Morgan fingerprint density at radius 2 is 1.92 bits per heavy atom. The van der Waals surface area contributed by atoms with Gasteiger partial charge >= 0.3 is 0 Å². The Bertz CT molecular complexity index is 763. The van der Waals surface area contributed by atoms with E-state index in [2.05, 4.69) is 5.32 Å². The van der Waals surface area contributed by atoms with Gasteiger partial charge in [-0.1, -0.05) is 11.6 Å². The first-order valence-electron chi connectivity index (χ1n) is 7.66. The normalized spacial score (nSPS) is 14.0. The number of rotatable bonds is 4. The lowest BCUT2D eigenvalue weighted by Crippen LogP contribution is -2.30. The van der Waals surface area contributed by atoms with Crippen molar-refractivity contribution >= 4 is 23.2 Å². The molecule has 1 amide bonds. The number of anilines is 1. The molecule has 1 heterocycles. The Balaban J connectivity index is 1.64. The van der Waals surface area contributed by atoms with Crippen LogP contribution in [0, 0.1) is 6.92 Å². The maximum atomic E-state index is 12.3. The predicted octanol–water partition coefficient (Wildman–Crippen LogP) is 3.83. The van der Waals surface area contributed by atoms with E-state index < -0.39 is 6.10 Å². The van der Waals surface area contributed by atoms with Gasteiger partial charge in [-0.25, -0.2) is 0 Å². The van der Waals surface area contributed by atoms with E-state index in [-0.39, 0.29) is 5.91 Å². The summed E-state index contributed by atoms with van der Waals surface area (Å²) < 4.78 is 16.6. The molecule has 0 aromatic heterocycles. The number of benzene rings is 2. The van der Waals surface area contributed by atoms with E-state index in [4.69, 9.17) is 25.8 Å². The zero-order chi connectivity index (χ0) is 17.1. The summed E-state index contributed by atoms with van der Waals surface area (Å²) in [5, 5.41) is 3.48. The number of nitrogens with one attached hydrogen (secondary N) is 1. The smallest absolute Gasteiger partial charge is 0.265 e. The molecule has 126 valence electrons. The van der Waals surface area contributed by atoms with Crippen LogP contribution in [0.2, 0.25) is 5.02 Å². The maximum Gasteiger partial charge on any atom is 0.265 e. The first-order valence-corrected chi connectivity index (χ1v) is 8.04. The Morgan fingerprint density at radius 3 is 2.67 bits per heavy atom. The van der Waals surface area contributed by atoms with Crippen molar-refractivity contribution in [1.29, 1.82) is 0 Å². The van der Waals surface area contributed by atoms with Crippen molar-refractivity contribution in [3.8, 4) is 17.2 Å². The number of carbonyl (C=O) groups excluding carboxylic acids is 1. The summed E-state index contributed by atoms with van der Waals surface area (Å²) in [4.78, 5) is 12.3. The molecule has 24 heavy (non-hydrogen) atoms. The summed E-state index contributed by atoms with van der Waals surface area (Å²) in [5.41, 5.74) is 1.53. The first-order chi connectivity index (χ1) is 11.5. The Kier molecular flexibility index (Phi) is 4.81. The maximum absolute atomic E-state index is 12.3. The van der Waals surface area contributed by atoms with E-state index in [0.29, 0.717) is 41.2 Å². The van der Waals surface area contributed by atoms with E-state index >= 15 is 0 Å². The lowest BCUT2D eigenvalue weighted by atomic mass is 10.2. The van der Waals surface area contributed by atoms with Crippen molar-refractivity contribution < 1.29 is 19.0 Å². The average Bonchev–Trinajstić information content (AvgIpc) is 2.58. The van der Waals surface area contributed by atoms with Crippen LogP contribution in [-0.4, -0.2) is 25.2 Å². The Labute approximate surface area is 145 Å². The highest BCUT2D eigenvalue weighted by molar-refractivity contribution is 6.31. The molecular formula is C18H18ClNO4. The largest absolute Gasteiger partial charge is 0.486 e. The lowest BCUT2D eigenvalue weighted by molar-refractivity contribution is -0.122. The molecule has 1 aliphatic rings. The number of fused-ring (bicyclic) bond motifs is 1. The van der Waals surface area contributed by atoms with E-state index in [9.17, 15) is 4.79 Å². The highest BCUT2D eigenvalue weighted by Crippen LogP contribution is 2.32. The van der Waals surface area contributed by atoms with Crippen molar-refractivity contribution in [1.82, 2.24) is 0 Å². The molecule has 1 aliphatic heterocycles. The van der Waals surface area contributed by atoms with Gasteiger partial charge in [0.1, 0.15) is 19.0 Å². The molecular weight excluding hydrogens is 330 g/mol. The number of hydrogen-bond donors (Lipinski definition) is 1. The lowest BCUT2D eigenvalue weighted by Gasteiger charge is -2.20. The number of carbonyl (C=O) groups is 1. The van der Waals surface area contributed by atoms with Crippen molar-refractivity contribution in [2.24, 2.45) is 0 Å². The molecule has 6 heteroatoms. The third-order valence-electron chi connectivity index (χ3n) is 3.62. The Morgan fingerprint density at radius 1 is 1.17 bits per heavy atom. The van der Waals surface area contributed by atoms with Gasteiger partial charge in [-0.15, -0.1) is 0 Å². The van der Waals surface area contributed by atoms with Gasteiger partial charge in [0, 0.05) is 16.8 Å². The molecule has 0 fully saturated rings. The highest BCUT2D eigenvalue weighted by atomic mass is 35.5. The fourth-order valence-electron chi connectivity index (χ4n) is 2.31. The van der Waals surface area contributed by atoms with Gasteiger partial charge in [-0.05, 0) is 49.7 Å². The minimum atomic E-state index is -0.654. The van der Waals surface area contributed by atoms with Crippen LogP contribution in [0.15, 0.2) is 36.4 Å².